The molecule has 1 amide bonds. The van der Waals surface area contributed by atoms with Crippen LogP contribution in [0.15, 0.2) is 36.1 Å². The zero-order chi connectivity index (χ0) is 13.1. The summed E-state index contributed by atoms with van der Waals surface area (Å²) < 4.78 is 4.55. The molecular weight excluding hydrogens is 218 g/mol. The molecule has 0 rings (SSSR count). The van der Waals surface area contributed by atoms with Gasteiger partial charge in [-0.2, -0.15) is 0 Å². The molecule has 17 heavy (non-hydrogen) atoms. The standard InChI is InChI=1S/C13H19NO3/c1-4-12(14-10-15)9-8-11(2)6-5-7-13(16)17-3/h4,8-10H,1,5-7H2,2-3H3,(H,14,15)/b11-8+,12-9+. The van der Waals surface area contributed by atoms with Gasteiger partial charge >= 0.3 is 5.97 Å². The molecule has 0 saturated carbocycles. The molecule has 0 heterocycles. The van der Waals surface area contributed by atoms with Crippen LogP contribution < -0.4 is 5.32 Å². The van der Waals surface area contributed by atoms with E-state index in [4.69, 9.17) is 0 Å². The van der Waals surface area contributed by atoms with Gasteiger partial charge in [0.25, 0.3) is 0 Å². The number of amides is 1. The molecule has 0 saturated heterocycles. The number of esters is 1. The maximum absolute atomic E-state index is 10.9. The molecule has 1 N–H and O–H groups in total. The fourth-order valence-electron chi connectivity index (χ4n) is 1.17. The second-order valence-corrected chi connectivity index (χ2v) is 3.53. The van der Waals surface area contributed by atoms with Crippen molar-refractivity contribution in [3.63, 3.8) is 0 Å². The highest BCUT2D eigenvalue weighted by Crippen LogP contribution is 2.07. The Kier molecular flexibility index (Phi) is 8.37. The first kappa shape index (κ1) is 15.2. The molecule has 0 aliphatic heterocycles. The summed E-state index contributed by atoms with van der Waals surface area (Å²) in [6.45, 7) is 5.54. The van der Waals surface area contributed by atoms with Crippen LogP contribution in [-0.4, -0.2) is 19.5 Å². The quantitative estimate of drug-likeness (QED) is 0.399. The van der Waals surface area contributed by atoms with Crippen molar-refractivity contribution in [3.8, 4) is 0 Å². The van der Waals surface area contributed by atoms with Crippen molar-refractivity contribution in [2.75, 3.05) is 7.11 Å². The summed E-state index contributed by atoms with van der Waals surface area (Å²) in [5.41, 5.74) is 1.77. The van der Waals surface area contributed by atoms with Crippen LogP contribution in [0.1, 0.15) is 26.2 Å². The average Bonchev–Trinajstić information content (AvgIpc) is 2.34. The predicted molar refractivity (Wildman–Crippen MR) is 67.1 cm³/mol. The van der Waals surface area contributed by atoms with Gasteiger partial charge < -0.3 is 10.1 Å². The van der Waals surface area contributed by atoms with E-state index in [1.54, 1.807) is 12.2 Å². The number of nitrogens with one attached hydrogen (secondary N) is 1. The Hall–Kier alpha value is -1.84. The van der Waals surface area contributed by atoms with Crippen molar-refractivity contribution in [3.05, 3.63) is 36.1 Å². The molecule has 4 nitrogen and oxygen atoms in total. The third-order valence-electron chi connectivity index (χ3n) is 2.17. The van der Waals surface area contributed by atoms with Crippen molar-refractivity contribution in [1.82, 2.24) is 5.32 Å². The molecule has 0 aromatic carbocycles. The van der Waals surface area contributed by atoms with Crippen LogP contribution in [0.4, 0.5) is 0 Å². The minimum atomic E-state index is -0.192. The van der Waals surface area contributed by atoms with E-state index < -0.39 is 0 Å². The van der Waals surface area contributed by atoms with E-state index in [1.165, 1.54) is 7.11 Å². The minimum absolute atomic E-state index is 0.192. The molecule has 0 aromatic heterocycles. The van der Waals surface area contributed by atoms with E-state index in [9.17, 15) is 9.59 Å². The Balaban J connectivity index is 4.11. The summed E-state index contributed by atoms with van der Waals surface area (Å²) in [6.07, 6.45) is 7.83. The second-order valence-electron chi connectivity index (χ2n) is 3.53. The number of rotatable bonds is 8. The Morgan fingerprint density at radius 1 is 1.35 bits per heavy atom. The Labute approximate surface area is 102 Å². The number of hydrogen-bond donors (Lipinski definition) is 1. The van der Waals surface area contributed by atoms with Crippen molar-refractivity contribution in [2.45, 2.75) is 26.2 Å². The molecule has 0 radical (unpaired) electrons. The lowest BCUT2D eigenvalue weighted by Crippen LogP contribution is -2.07. The van der Waals surface area contributed by atoms with E-state index in [0.29, 0.717) is 18.5 Å². The number of carbonyl (C=O) groups is 2. The van der Waals surface area contributed by atoms with Crippen LogP contribution in [0.5, 0.6) is 0 Å². The van der Waals surface area contributed by atoms with Crippen molar-refractivity contribution < 1.29 is 14.3 Å². The largest absolute Gasteiger partial charge is 0.469 e. The smallest absolute Gasteiger partial charge is 0.305 e. The summed E-state index contributed by atoms with van der Waals surface area (Å²) in [5, 5.41) is 2.51. The van der Waals surface area contributed by atoms with E-state index in [0.717, 1.165) is 18.4 Å². The van der Waals surface area contributed by atoms with Gasteiger partial charge in [0.2, 0.25) is 6.41 Å². The molecule has 0 unspecified atom stereocenters. The topological polar surface area (TPSA) is 55.4 Å². The lowest BCUT2D eigenvalue weighted by Gasteiger charge is -2.01. The molecular formula is C13H19NO3. The van der Waals surface area contributed by atoms with Crippen LogP contribution in [0, 0.1) is 0 Å². The zero-order valence-electron chi connectivity index (χ0n) is 10.4. The number of ether oxygens (including phenoxy) is 1. The fraction of sp³-hybridized carbons (Fsp3) is 0.385. The minimum Gasteiger partial charge on any atom is -0.469 e. The fourth-order valence-corrected chi connectivity index (χ4v) is 1.17. The lowest BCUT2D eigenvalue weighted by atomic mass is 10.1. The molecule has 0 aromatic rings. The van der Waals surface area contributed by atoms with Gasteiger partial charge in [0, 0.05) is 12.1 Å². The van der Waals surface area contributed by atoms with E-state index in [1.807, 2.05) is 13.0 Å². The van der Waals surface area contributed by atoms with Crippen molar-refractivity contribution in [1.29, 1.82) is 0 Å². The number of carbonyl (C=O) groups excluding carboxylic acids is 2. The van der Waals surface area contributed by atoms with Crippen LogP contribution in [0.2, 0.25) is 0 Å². The van der Waals surface area contributed by atoms with Gasteiger partial charge in [-0.05, 0) is 31.9 Å². The Morgan fingerprint density at radius 2 is 2.06 bits per heavy atom. The molecule has 0 fully saturated rings. The summed E-state index contributed by atoms with van der Waals surface area (Å²) in [5.74, 6) is -0.192. The molecule has 0 atom stereocenters. The number of hydrogen-bond acceptors (Lipinski definition) is 3. The van der Waals surface area contributed by atoms with Crippen LogP contribution in [0.3, 0.4) is 0 Å². The second kappa shape index (κ2) is 9.39. The summed E-state index contributed by atoms with van der Waals surface area (Å²) >= 11 is 0. The van der Waals surface area contributed by atoms with Crippen molar-refractivity contribution >= 4 is 12.4 Å². The molecule has 0 bridgehead atoms. The van der Waals surface area contributed by atoms with Crippen LogP contribution in [0.25, 0.3) is 0 Å². The molecule has 0 spiro atoms. The highest BCUT2D eigenvalue weighted by Gasteiger charge is 1.99. The number of allylic oxidation sites excluding steroid dienone is 4. The normalized spacial score (nSPS) is 11.9. The first-order chi connectivity index (χ1) is 8.13. The van der Waals surface area contributed by atoms with Gasteiger partial charge in [0.05, 0.1) is 7.11 Å². The number of methoxy groups -OCH3 is 1. The Morgan fingerprint density at radius 3 is 2.59 bits per heavy atom. The van der Waals surface area contributed by atoms with Gasteiger partial charge in [-0.1, -0.05) is 18.2 Å². The maximum atomic E-state index is 10.9. The third-order valence-corrected chi connectivity index (χ3v) is 2.17. The van der Waals surface area contributed by atoms with Crippen molar-refractivity contribution in [2.24, 2.45) is 0 Å². The van der Waals surface area contributed by atoms with Gasteiger partial charge in [-0.3, -0.25) is 9.59 Å². The van der Waals surface area contributed by atoms with Gasteiger partial charge in [-0.25, -0.2) is 0 Å². The van der Waals surface area contributed by atoms with Crippen LogP contribution in [-0.2, 0) is 14.3 Å². The monoisotopic (exact) mass is 237 g/mol. The van der Waals surface area contributed by atoms with Gasteiger partial charge in [-0.15, -0.1) is 0 Å². The predicted octanol–water partition coefficient (Wildman–Crippen LogP) is 2.09. The SMILES string of the molecule is C=C/C(=C\C=C(/C)CCCC(=O)OC)NC=O. The lowest BCUT2D eigenvalue weighted by molar-refractivity contribution is -0.140. The first-order valence-electron chi connectivity index (χ1n) is 5.41. The van der Waals surface area contributed by atoms with Gasteiger partial charge in [0.1, 0.15) is 0 Å². The first-order valence-corrected chi connectivity index (χ1v) is 5.41. The third kappa shape index (κ3) is 8.02. The molecule has 0 aliphatic rings. The average molecular weight is 237 g/mol. The summed E-state index contributed by atoms with van der Waals surface area (Å²) in [6, 6.07) is 0. The van der Waals surface area contributed by atoms with E-state index in [-0.39, 0.29) is 5.97 Å². The van der Waals surface area contributed by atoms with Crippen LogP contribution >= 0.6 is 0 Å². The van der Waals surface area contributed by atoms with Gasteiger partial charge in [0.15, 0.2) is 0 Å². The van der Waals surface area contributed by atoms with E-state index >= 15 is 0 Å². The molecule has 94 valence electrons. The molecule has 0 aliphatic carbocycles. The molecule has 4 heteroatoms. The highest BCUT2D eigenvalue weighted by molar-refractivity contribution is 5.69. The zero-order valence-corrected chi connectivity index (χ0v) is 10.4. The maximum Gasteiger partial charge on any atom is 0.305 e. The van der Waals surface area contributed by atoms with E-state index in [2.05, 4.69) is 16.6 Å². The summed E-state index contributed by atoms with van der Waals surface area (Å²) in [7, 11) is 1.38. The summed E-state index contributed by atoms with van der Waals surface area (Å²) in [4.78, 5) is 21.1. The Bertz CT molecular complexity index is 330. The highest BCUT2D eigenvalue weighted by atomic mass is 16.5.